The molecule has 0 bridgehead atoms. The van der Waals surface area contributed by atoms with E-state index >= 15 is 0 Å². The Hall–Kier alpha value is -4.54. The number of para-hydroxylation sites is 3. The number of aromatic nitrogens is 4. The fourth-order valence-electron chi connectivity index (χ4n) is 3.46. The van der Waals surface area contributed by atoms with Crippen molar-refractivity contribution in [2.75, 3.05) is 6.61 Å². The molecule has 37 heavy (non-hydrogen) atoms. The average Bonchev–Trinajstić information content (AvgIpc) is 3.45. The molecular weight excluding hydrogens is 482 g/mol. The maximum atomic E-state index is 14.4. The third-order valence-corrected chi connectivity index (χ3v) is 5.14. The van der Waals surface area contributed by atoms with Crippen LogP contribution in [0.1, 0.15) is 20.3 Å². The van der Waals surface area contributed by atoms with Gasteiger partial charge in [0.2, 0.25) is 5.95 Å². The van der Waals surface area contributed by atoms with Crippen molar-refractivity contribution < 1.29 is 23.0 Å². The maximum Gasteiger partial charge on any atom is 0.482 e. The molecule has 9 nitrogen and oxygen atoms in total. The van der Waals surface area contributed by atoms with E-state index in [1.807, 2.05) is 42.1 Å². The second-order valence-electron chi connectivity index (χ2n) is 8.08. The highest BCUT2D eigenvalue weighted by molar-refractivity contribution is 5.87. The molecule has 4 rings (SSSR count). The van der Waals surface area contributed by atoms with Crippen molar-refractivity contribution in [3.05, 3.63) is 78.9 Å². The highest BCUT2D eigenvalue weighted by Crippen LogP contribution is 2.25. The lowest BCUT2D eigenvalue weighted by Gasteiger charge is -2.17. The molecule has 0 aliphatic rings. The topological polar surface area (TPSA) is 95.6 Å². The zero-order chi connectivity index (χ0) is 26.4. The molecule has 1 amide bonds. The van der Waals surface area contributed by atoms with Gasteiger partial charge in [-0.25, -0.2) is 14.5 Å². The van der Waals surface area contributed by atoms with Crippen LogP contribution < -0.4 is 14.8 Å². The lowest BCUT2D eigenvalue weighted by atomic mass is 10.3. The van der Waals surface area contributed by atoms with Crippen LogP contribution in [-0.4, -0.2) is 43.4 Å². The van der Waals surface area contributed by atoms with Crippen molar-refractivity contribution in [2.45, 2.75) is 26.4 Å². The van der Waals surface area contributed by atoms with Gasteiger partial charge in [0.1, 0.15) is 18.2 Å². The number of aryl methyl sites for hydroxylation is 1. The first-order valence-corrected chi connectivity index (χ1v) is 11.5. The number of ether oxygens (including phenoxy) is 2. The van der Waals surface area contributed by atoms with Crippen LogP contribution in [0.3, 0.4) is 0 Å². The van der Waals surface area contributed by atoms with Crippen molar-refractivity contribution in [1.29, 1.82) is 0 Å². The number of halogens is 2. The van der Waals surface area contributed by atoms with Gasteiger partial charge in [0.15, 0.2) is 0 Å². The molecule has 0 radical (unpaired) electrons. The molecule has 2 aromatic heterocycles. The first-order valence-electron chi connectivity index (χ1n) is 11.5. The second-order valence-corrected chi connectivity index (χ2v) is 8.08. The van der Waals surface area contributed by atoms with E-state index in [9.17, 15) is 13.6 Å². The molecule has 0 aliphatic carbocycles. The summed E-state index contributed by atoms with van der Waals surface area (Å²) in [6.07, 6.45) is 1.35. The number of nitrogens with one attached hydrogen (secondary N) is 1. The van der Waals surface area contributed by atoms with Crippen LogP contribution in [0, 0.1) is 0 Å². The van der Waals surface area contributed by atoms with Crippen LogP contribution in [0.2, 0.25) is 0 Å². The van der Waals surface area contributed by atoms with Crippen LogP contribution >= 0.6 is 0 Å². The predicted octanol–water partition coefficient (Wildman–Crippen LogP) is 4.64. The van der Waals surface area contributed by atoms with E-state index in [0.29, 0.717) is 18.1 Å². The highest BCUT2D eigenvalue weighted by atomic mass is 19.3. The van der Waals surface area contributed by atoms with Gasteiger partial charge in [-0.1, -0.05) is 37.3 Å². The Morgan fingerprint density at radius 1 is 1.16 bits per heavy atom. The van der Waals surface area contributed by atoms with E-state index in [1.165, 1.54) is 30.3 Å². The number of hydrogen-bond donors (Lipinski definition) is 1. The molecule has 0 fully saturated rings. The molecule has 0 saturated carbocycles. The minimum atomic E-state index is -4.10. The van der Waals surface area contributed by atoms with Gasteiger partial charge in [-0.15, -0.1) is 0 Å². The van der Waals surface area contributed by atoms with Crippen molar-refractivity contribution in [1.82, 2.24) is 24.4 Å². The minimum absolute atomic E-state index is 0.0123. The van der Waals surface area contributed by atoms with E-state index in [4.69, 9.17) is 4.74 Å². The average molecular weight is 509 g/mol. The lowest BCUT2D eigenvalue weighted by Crippen LogP contribution is -2.43. The molecule has 0 spiro atoms. The molecule has 0 saturated heterocycles. The summed E-state index contributed by atoms with van der Waals surface area (Å²) < 4.78 is 42.9. The summed E-state index contributed by atoms with van der Waals surface area (Å²) in [6, 6.07) is 15.2. The third-order valence-electron chi connectivity index (χ3n) is 5.14. The van der Waals surface area contributed by atoms with Gasteiger partial charge in [-0.05, 0) is 43.7 Å². The molecule has 11 heteroatoms. The summed E-state index contributed by atoms with van der Waals surface area (Å²) in [4.78, 5) is 25.5. The number of alkyl halides is 2. The van der Waals surface area contributed by atoms with E-state index in [-0.39, 0.29) is 24.2 Å². The van der Waals surface area contributed by atoms with E-state index < -0.39 is 12.0 Å². The zero-order valence-electron chi connectivity index (χ0n) is 20.6. The summed E-state index contributed by atoms with van der Waals surface area (Å²) in [5.74, 6) is -1.20. The fraction of sp³-hybridized carbons (Fsp3) is 0.231. The Balaban J connectivity index is 1.49. The third kappa shape index (κ3) is 6.00. The first kappa shape index (κ1) is 25.5. The number of carbonyl (C=O) groups is 1. The molecule has 4 aromatic rings. The monoisotopic (exact) mass is 508 g/mol. The number of nitrogens with zero attached hydrogens (tertiary/aromatic N) is 5. The molecule has 2 aromatic carbocycles. The van der Waals surface area contributed by atoms with Gasteiger partial charge in [-0.3, -0.25) is 4.79 Å². The van der Waals surface area contributed by atoms with Gasteiger partial charge < -0.3 is 19.4 Å². The number of rotatable bonds is 10. The molecule has 2 heterocycles. The Bertz CT molecular complexity index is 1440. The van der Waals surface area contributed by atoms with E-state index in [2.05, 4.69) is 25.0 Å². The molecule has 0 unspecified atom stereocenters. The quantitative estimate of drug-likeness (QED) is 0.315. The van der Waals surface area contributed by atoms with Crippen molar-refractivity contribution in [3.63, 3.8) is 0 Å². The van der Waals surface area contributed by atoms with Crippen LogP contribution in [0.4, 0.5) is 8.78 Å². The predicted molar refractivity (Wildman–Crippen MR) is 135 cm³/mol. The number of carbonyl (C=O) groups excluding carboxylic acids is 1. The summed E-state index contributed by atoms with van der Waals surface area (Å²) >= 11 is 0. The number of fused-ring (bicyclic) bond motifs is 1. The standard InChI is InChI=1S/C26H26F2N6O3/c1-4-10-22(32-23(35)26(27,28)37-19-11-6-5-7-12-19)30-18(2)17-36-25-31-20-13-8-9-14-21(20)34(25)24-29-15-16-33(24)3/h5-16H,4,17H2,1-3H3,(H,32,35)/b22-10+,30-18+. The number of hydrogen-bond acceptors (Lipinski definition) is 6. The van der Waals surface area contributed by atoms with Crippen molar-refractivity contribution in [2.24, 2.45) is 12.0 Å². The Morgan fingerprint density at radius 3 is 2.59 bits per heavy atom. The maximum absolute atomic E-state index is 14.4. The molecule has 1 N–H and O–H groups in total. The molecule has 192 valence electrons. The molecular formula is C26H26F2N6O3. The normalized spacial score (nSPS) is 12.6. The number of allylic oxidation sites excluding steroid dienone is 1. The van der Waals surface area contributed by atoms with Gasteiger partial charge in [0.05, 0.1) is 16.7 Å². The number of benzene rings is 2. The lowest BCUT2D eigenvalue weighted by molar-refractivity contribution is -0.192. The van der Waals surface area contributed by atoms with Gasteiger partial charge in [0.25, 0.3) is 0 Å². The fourth-order valence-corrected chi connectivity index (χ4v) is 3.46. The van der Waals surface area contributed by atoms with Crippen LogP contribution in [0.25, 0.3) is 17.0 Å². The van der Waals surface area contributed by atoms with Crippen molar-refractivity contribution >= 4 is 22.7 Å². The van der Waals surface area contributed by atoms with Gasteiger partial charge in [0, 0.05) is 19.4 Å². The van der Waals surface area contributed by atoms with Crippen LogP contribution in [-0.2, 0) is 11.8 Å². The smallest absolute Gasteiger partial charge is 0.458 e. The largest absolute Gasteiger partial charge is 0.482 e. The van der Waals surface area contributed by atoms with Gasteiger partial charge in [-0.2, -0.15) is 13.8 Å². The SMILES string of the molecule is CC/C=C(\N=C(/C)COc1nc2ccccc2n1-c1nccn1C)NC(=O)C(F)(F)Oc1ccccc1. The van der Waals surface area contributed by atoms with Crippen LogP contribution in [0.5, 0.6) is 11.8 Å². The Labute approximate surface area is 212 Å². The molecule has 0 atom stereocenters. The van der Waals surface area contributed by atoms with Crippen molar-refractivity contribution in [3.8, 4) is 17.7 Å². The Kier molecular flexibility index (Phi) is 7.61. The van der Waals surface area contributed by atoms with Gasteiger partial charge >= 0.3 is 18.0 Å². The number of aliphatic imine (C=N–C) groups is 1. The zero-order valence-corrected chi connectivity index (χ0v) is 20.6. The highest BCUT2D eigenvalue weighted by Gasteiger charge is 2.42. The minimum Gasteiger partial charge on any atom is -0.458 e. The summed E-state index contributed by atoms with van der Waals surface area (Å²) in [6.45, 7) is 3.44. The number of amides is 1. The summed E-state index contributed by atoms with van der Waals surface area (Å²) in [7, 11) is 1.86. The summed E-state index contributed by atoms with van der Waals surface area (Å²) in [5.41, 5.74) is 1.95. The van der Waals surface area contributed by atoms with E-state index in [0.717, 1.165) is 11.0 Å². The summed E-state index contributed by atoms with van der Waals surface area (Å²) in [5, 5.41) is 2.14. The molecule has 0 aliphatic heterocycles. The second kappa shape index (κ2) is 11.0. The Morgan fingerprint density at radius 2 is 1.89 bits per heavy atom. The van der Waals surface area contributed by atoms with E-state index in [1.54, 1.807) is 30.7 Å². The van der Waals surface area contributed by atoms with Crippen LogP contribution in [0.15, 0.2) is 83.9 Å². The number of imidazole rings is 2. The first-order chi connectivity index (χ1) is 17.8.